The highest BCUT2D eigenvalue weighted by atomic mass is 16.5. The van der Waals surface area contributed by atoms with E-state index in [1.54, 1.807) is 26.2 Å². The summed E-state index contributed by atoms with van der Waals surface area (Å²) in [6, 6.07) is 10.3. The molecule has 6 heteroatoms. The fraction of sp³-hybridized carbons (Fsp3) is 0.235. The number of carbonyl (C=O) groups is 2. The molecule has 0 aliphatic carbocycles. The first-order chi connectivity index (χ1) is 11.1. The molecule has 120 valence electrons. The number of nitrogens with one attached hydrogen (secondary N) is 1. The van der Waals surface area contributed by atoms with Gasteiger partial charge in [0, 0.05) is 6.20 Å². The fourth-order valence-corrected chi connectivity index (χ4v) is 1.96. The second kappa shape index (κ2) is 7.93. The molecule has 0 aliphatic heterocycles. The number of esters is 1. The number of pyridine rings is 1. The summed E-state index contributed by atoms with van der Waals surface area (Å²) in [7, 11) is 1.59. The second-order valence-corrected chi connectivity index (χ2v) is 4.72. The summed E-state index contributed by atoms with van der Waals surface area (Å²) in [5, 5.41) is 2.67. The molecule has 1 aromatic heterocycles. The SMILES string of the molecule is CCOC(=O)c1ccnc(NC(=O)Cc2ccc(OC)cc2)c1. The molecule has 0 saturated carbocycles. The Labute approximate surface area is 134 Å². The largest absolute Gasteiger partial charge is 0.497 e. The first kappa shape index (κ1) is 16.5. The van der Waals surface area contributed by atoms with Gasteiger partial charge in [-0.2, -0.15) is 0 Å². The van der Waals surface area contributed by atoms with Gasteiger partial charge in [0.05, 0.1) is 25.7 Å². The van der Waals surface area contributed by atoms with Crippen molar-refractivity contribution in [3.8, 4) is 5.75 Å². The van der Waals surface area contributed by atoms with Gasteiger partial charge in [-0.05, 0) is 36.8 Å². The lowest BCUT2D eigenvalue weighted by atomic mass is 10.1. The lowest BCUT2D eigenvalue weighted by Gasteiger charge is -2.07. The van der Waals surface area contributed by atoms with E-state index in [1.807, 2.05) is 12.1 Å². The molecule has 1 aromatic carbocycles. The van der Waals surface area contributed by atoms with Gasteiger partial charge >= 0.3 is 5.97 Å². The zero-order chi connectivity index (χ0) is 16.7. The van der Waals surface area contributed by atoms with Gasteiger partial charge in [-0.25, -0.2) is 9.78 Å². The van der Waals surface area contributed by atoms with E-state index in [-0.39, 0.29) is 12.3 Å². The lowest BCUT2D eigenvalue weighted by molar-refractivity contribution is -0.115. The topological polar surface area (TPSA) is 77.5 Å². The molecule has 2 rings (SSSR count). The van der Waals surface area contributed by atoms with Crippen LogP contribution in [0, 0.1) is 0 Å². The number of hydrogen-bond donors (Lipinski definition) is 1. The monoisotopic (exact) mass is 314 g/mol. The Balaban J connectivity index is 1.99. The Morgan fingerprint density at radius 2 is 1.91 bits per heavy atom. The van der Waals surface area contributed by atoms with Crippen molar-refractivity contribution >= 4 is 17.7 Å². The molecule has 2 aromatic rings. The molecule has 0 radical (unpaired) electrons. The van der Waals surface area contributed by atoms with Crippen LogP contribution in [0.2, 0.25) is 0 Å². The number of ether oxygens (including phenoxy) is 2. The summed E-state index contributed by atoms with van der Waals surface area (Å²) in [5.74, 6) is 0.385. The van der Waals surface area contributed by atoms with Crippen molar-refractivity contribution in [3.63, 3.8) is 0 Å². The predicted octanol–water partition coefficient (Wildman–Crippen LogP) is 2.45. The summed E-state index contributed by atoms with van der Waals surface area (Å²) < 4.78 is 9.99. The number of benzene rings is 1. The number of anilines is 1. The molecule has 1 N–H and O–H groups in total. The zero-order valence-electron chi connectivity index (χ0n) is 13.0. The van der Waals surface area contributed by atoms with Gasteiger partial charge in [-0.3, -0.25) is 4.79 Å². The van der Waals surface area contributed by atoms with Crippen LogP contribution in [0.25, 0.3) is 0 Å². The van der Waals surface area contributed by atoms with Gasteiger partial charge in [0.25, 0.3) is 0 Å². The van der Waals surface area contributed by atoms with Crippen molar-refractivity contribution in [1.82, 2.24) is 4.98 Å². The van der Waals surface area contributed by atoms with Crippen LogP contribution in [0.5, 0.6) is 5.75 Å². The molecular weight excluding hydrogens is 296 g/mol. The number of amides is 1. The normalized spacial score (nSPS) is 10.0. The Morgan fingerprint density at radius 1 is 1.17 bits per heavy atom. The summed E-state index contributed by atoms with van der Waals surface area (Å²) >= 11 is 0. The molecule has 0 bridgehead atoms. The van der Waals surface area contributed by atoms with Crippen LogP contribution in [-0.2, 0) is 16.0 Å². The van der Waals surface area contributed by atoms with Gasteiger partial charge in [0.2, 0.25) is 5.91 Å². The molecule has 0 spiro atoms. The molecule has 0 saturated heterocycles. The van der Waals surface area contributed by atoms with Crippen LogP contribution < -0.4 is 10.1 Å². The molecular formula is C17H18N2O4. The van der Waals surface area contributed by atoms with E-state index in [9.17, 15) is 9.59 Å². The van der Waals surface area contributed by atoms with E-state index in [0.717, 1.165) is 11.3 Å². The van der Waals surface area contributed by atoms with Crippen LogP contribution in [-0.4, -0.2) is 30.6 Å². The smallest absolute Gasteiger partial charge is 0.338 e. The zero-order valence-corrected chi connectivity index (χ0v) is 13.0. The van der Waals surface area contributed by atoms with Gasteiger partial charge in [0.15, 0.2) is 0 Å². The van der Waals surface area contributed by atoms with E-state index in [4.69, 9.17) is 9.47 Å². The van der Waals surface area contributed by atoms with E-state index in [0.29, 0.717) is 18.0 Å². The Hall–Kier alpha value is -2.89. The van der Waals surface area contributed by atoms with Gasteiger partial charge in [0.1, 0.15) is 11.6 Å². The van der Waals surface area contributed by atoms with Crippen molar-refractivity contribution in [3.05, 3.63) is 53.7 Å². The highest BCUT2D eigenvalue weighted by Gasteiger charge is 2.10. The molecule has 1 amide bonds. The Bertz CT molecular complexity index is 683. The van der Waals surface area contributed by atoms with E-state index in [2.05, 4.69) is 10.3 Å². The highest BCUT2D eigenvalue weighted by Crippen LogP contribution is 2.13. The summed E-state index contributed by atoms with van der Waals surface area (Å²) in [6.45, 7) is 2.02. The summed E-state index contributed by atoms with van der Waals surface area (Å²) in [4.78, 5) is 27.7. The standard InChI is InChI=1S/C17H18N2O4/c1-3-23-17(21)13-8-9-18-15(11-13)19-16(20)10-12-4-6-14(22-2)7-5-12/h4-9,11H,3,10H2,1-2H3,(H,18,19,20). The molecule has 0 unspecified atom stereocenters. The third kappa shape index (κ3) is 4.81. The number of aromatic nitrogens is 1. The number of methoxy groups -OCH3 is 1. The van der Waals surface area contributed by atoms with Crippen molar-refractivity contribution in [2.45, 2.75) is 13.3 Å². The van der Waals surface area contributed by atoms with Gasteiger partial charge in [-0.15, -0.1) is 0 Å². The molecule has 1 heterocycles. The maximum atomic E-state index is 12.0. The maximum Gasteiger partial charge on any atom is 0.338 e. The Kier molecular flexibility index (Phi) is 5.68. The van der Waals surface area contributed by atoms with Gasteiger partial charge in [-0.1, -0.05) is 12.1 Å². The molecule has 6 nitrogen and oxygen atoms in total. The Morgan fingerprint density at radius 3 is 2.57 bits per heavy atom. The second-order valence-electron chi connectivity index (χ2n) is 4.72. The van der Waals surface area contributed by atoms with E-state index < -0.39 is 5.97 Å². The van der Waals surface area contributed by atoms with Crippen molar-refractivity contribution in [1.29, 1.82) is 0 Å². The van der Waals surface area contributed by atoms with Crippen LogP contribution in [0.3, 0.4) is 0 Å². The molecule has 23 heavy (non-hydrogen) atoms. The van der Waals surface area contributed by atoms with Crippen molar-refractivity contribution in [2.75, 3.05) is 19.0 Å². The van der Waals surface area contributed by atoms with Crippen LogP contribution in [0.15, 0.2) is 42.6 Å². The quantitative estimate of drug-likeness (QED) is 0.829. The lowest BCUT2D eigenvalue weighted by Crippen LogP contribution is -2.16. The predicted molar refractivity (Wildman–Crippen MR) is 85.5 cm³/mol. The number of rotatable bonds is 6. The third-order valence-electron chi connectivity index (χ3n) is 3.06. The van der Waals surface area contributed by atoms with Gasteiger partial charge < -0.3 is 14.8 Å². The first-order valence-electron chi connectivity index (χ1n) is 7.18. The van der Waals surface area contributed by atoms with Crippen LogP contribution >= 0.6 is 0 Å². The fourth-order valence-electron chi connectivity index (χ4n) is 1.96. The summed E-state index contributed by atoms with van der Waals surface area (Å²) in [6.07, 6.45) is 1.66. The number of carbonyl (C=O) groups excluding carboxylic acids is 2. The highest BCUT2D eigenvalue weighted by molar-refractivity contribution is 5.94. The van der Waals surface area contributed by atoms with Crippen LogP contribution in [0.4, 0.5) is 5.82 Å². The summed E-state index contributed by atoms with van der Waals surface area (Å²) in [5.41, 5.74) is 1.20. The molecule has 0 atom stereocenters. The number of hydrogen-bond acceptors (Lipinski definition) is 5. The minimum absolute atomic E-state index is 0.204. The minimum atomic E-state index is -0.444. The van der Waals surface area contributed by atoms with E-state index >= 15 is 0 Å². The number of nitrogens with zero attached hydrogens (tertiary/aromatic N) is 1. The first-order valence-corrected chi connectivity index (χ1v) is 7.18. The molecule has 0 fully saturated rings. The van der Waals surface area contributed by atoms with Crippen LogP contribution in [0.1, 0.15) is 22.8 Å². The minimum Gasteiger partial charge on any atom is -0.497 e. The van der Waals surface area contributed by atoms with Crippen molar-refractivity contribution < 1.29 is 19.1 Å². The average molecular weight is 314 g/mol. The third-order valence-corrected chi connectivity index (χ3v) is 3.06. The average Bonchev–Trinajstić information content (AvgIpc) is 2.56. The van der Waals surface area contributed by atoms with E-state index in [1.165, 1.54) is 18.3 Å². The molecule has 0 aliphatic rings. The van der Waals surface area contributed by atoms with Crippen molar-refractivity contribution in [2.24, 2.45) is 0 Å². The maximum absolute atomic E-state index is 12.0.